The fourth-order valence-electron chi connectivity index (χ4n) is 7.10. The molecule has 2 aliphatic rings. The quantitative estimate of drug-likeness (QED) is 0.160. The monoisotopic (exact) mass is 755 g/mol. The maximum Gasteiger partial charge on any atom is 0.243 e. The van der Waals surface area contributed by atoms with Crippen molar-refractivity contribution in [3.05, 3.63) is 71.4 Å². The minimum absolute atomic E-state index is 0.0248. The first-order valence-corrected chi connectivity index (χ1v) is 19.1. The summed E-state index contributed by atoms with van der Waals surface area (Å²) < 4.78 is 0. The number of anilines is 2. The molecule has 2 saturated heterocycles. The zero-order valence-electron chi connectivity index (χ0n) is 31.3. The zero-order chi connectivity index (χ0) is 38.7. The SMILES string of the molecule is Cc1ncsc1-c1ccc([C@H](C)NC(=O)[C@@H]2C[C@@H](O)CN2C(=O)C(NCC(=O)N2CCN(c3cc(-c4ccccc4O)nnc3N)CC2)C(C)(C)C)cc1. The summed E-state index contributed by atoms with van der Waals surface area (Å²) in [5.74, 6) is -0.489. The normalized spacial score (nSPS) is 18.7. The van der Waals surface area contributed by atoms with Crippen molar-refractivity contribution in [3.63, 3.8) is 0 Å². The molecule has 0 bridgehead atoms. The molecule has 2 aromatic carbocycles. The second-order valence-electron chi connectivity index (χ2n) is 15.1. The van der Waals surface area contributed by atoms with Crippen LogP contribution >= 0.6 is 11.3 Å². The number of amides is 3. The van der Waals surface area contributed by atoms with Crippen LogP contribution in [0.2, 0.25) is 0 Å². The number of hydrogen-bond donors (Lipinski definition) is 5. The second kappa shape index (κ2) is 16.1. The van der Waals surface area contributed by atoms with E-state index in [0.29, 0.717) is 43.1 Å². The number of likely N-dealkylation sites (tertiary alicyclic amines) is 1. The topological polar surface area (TPSA) is 190 Å². The predicted molar refractivity (Wildman–Crippen MR) is 209 cm³/mol. The molecule has 6 N–H and O–H groups in total. The first-order valence-electron chi connectivity index (χ1n) is 18.2. The Labute approximate surface area is 319 Å². The highest BCUT2D eigenvalue weighted by Crippen LogP contribution is 2.32. The van der Waals surface area contributed by atoms with Crippen LogP contribution in [0.3, 0.4) is 0 Å². The minimum atomic E-state index is -0.856. The van der Waals surface area contributed by atoms with Gasteiger partial charge in [-0.1, -0.05) is 57.2 Å². The van der Waals surface area contributed by atoms with E-state index in [0.717, 1.165) is 21.7 Å². The number of benzene rings is 2. The molecule has 1 unspecified atom stereocenters. The van der Waals surface area contributed by atoms with E-state index < -0.39 is 23.6 Å². The summed E-state index contributed by atoms with van der Waals surface area (Å²) in [4.78, 5) is 52.0. The predicted octanol–water partition coefficient (Wildman–Crippen LogP) is 3.36. The number of nitrogens with zero attached hydrogens (tertiary/aromatic N) is 6. The zero-order valence-corrected chi connectivity index (χ0v) is 32.1. The van der Waals surface area contributed by atoms with Gasteiger partial charge in [-0.15, -0.1) is 21.5 Å². The lowest BCUT2D eigenvalue weighted by Crippen LogP contribution is -2.58. The Morgan fingerprint density at radius 3 is 2.39 bits per heavy atom. The van der Waals surface area contributed by atoms with Crippen LogP contribution in [0.5, 0.6) is 5.75 Å². The van der Waals surface area contributed by atoms with E-state index in [1.54, 1.807) is 46.6 Å². The smallest absolute Gasteiger partial charge is 0.243 e. The van der Waals surface area contributed by atoms with E-state index in [1.807, 2.05) is 69.3 Å². The standard InChI is InChI=1S/C39H49N9O5S/c1-23(25-10-12-26(13-11-25)34-24(2)42-22-54-34)43-37(52)31-18-27(49)21-48(31)38(53)35(39(3,4)5)41-20-33(51)47-16-14-46(15-17-47)30-19-29(44-45-36(30)40)28-8-6-7-9-32(28)50/h6-13,19,22-23,27,31,35,41,49-50H,14-18,20-21H2,1-5H3,(H2,40,45)(H,43,52)/t23-,27+,31-,35?/m0/s1. The number of rotatable bonds is 10. The van der Waals surface area contributed by atoms with Gasteiger partial charge in [0.15, 0.2) is 5.82 Å². The average Bonchev–Trinajstić information content (AvgIpc) is 3.76. The lowest BCUT2D eigenvalue weighted by Gasteiger charge is -2.38. The Hall–Kier alpha value is -5.12. The summed E-state index contributed by atoms with van der Waals surface area (Å²) in [6.45, 7) is 11.4. The fraction of sp³-hybridized carbons (Fsp3) is 0.436. The first-order chi connectivity index (χ1) is 25.7. The third kappa shape index (κ3) is 8.48. The Morgan fingerprint density at radius 1 is 1.04 bits per heavy atom. The molecule has 54 heavy (non-hydrogen) atoms. The van der Waals surface area contributed by atoms with Crippen LogP contribution < -0.4 is 21.3 Å². The van der Waals surface area contributed by atoms with Crippen molar-refractivity contribution in [2.24, 2.45) is 5.41 Å². The van der Waals surface area contributed by atoms with Crippen LogP contribution in [0, 0.1) is 12.3 Å². The van der Waals surface area contributed by atoms with Gasteiger partial charge in [-0.2, -0.15) is 0 Å². The first kappa shape index (κ1) is 38.6. The molecule has 4 atom stereocenters. The number of aliphatic hydroxyl groups excluding tert-OH is 1. The number of nitrogens with one attached hydrogen (secondary N) is 2. The number of aromatic hydroxyl groups is 1. The van der Waals surface area contributed by atoms with E-state index >= 15 is 0 Å². The summed E-state index contributed by atoms with van der Waals surface area (Å²) >= 11 is 1.58. The van der Waals surface area contributed by atoms with Gasteiger partial charge in [-0.25, -0.2) is 4.98 Å². The van der Waals surface area contributed by atoms with Gasteiger partial charge in [0.25, 0.3) is 0 Å². The fourth-order valence-corrected chi connectivity index (χ4v) is 7.91. The molecule has 3 amide bonds. The summed E-state index contributed by atoms with van der Waals surface area (Å²) in [6.07, 6.45) is -0.723. The van der Waals surface area contributed by atoms with Crippen molar-refractivity contribution < 1.29 is 24.6 Å². The largest absolute Gasteiger partial charge is 0.507 e. The molecule has 4 heterocycles. The number of thiazole rings is 1. The van der Waals surface area contributed by atoms with E-state index in [2.05, 4.69) is 25.8 Å². The molecule has 0 aliphatic carbocycles. The van der Waals surface area contributed by atoms with Crippen LogP contribution in [0.4, 0.5) is 11.5 Å². The average molecular weight is 756 g/mol. The molecule has 0 saturated carbocycles. The molecule has 4 aromatic rings. The van der Waals surface area contributed by atoms with Gasteiger partial charge in [-0.05, 0) is 48.6 Å². The number of piperazine rings is 1. The summed E-state index contributed by atoms with van der Waals surface area (Å²) in [7, 11) is 0. The number of carbonyl (C=O) groups is 3. The number of aryl methyl sites for hydroxylation is 1. The minimum Gasteiger partial charge on any atom is -0.507 e. The Kier molecular flexibility index (Phi) is 11.5. The number of phenolic OH excluding ortho intramolecular Hbond substituents is 1. The maximum absolute atomic E-state index is 14.2. The molecule has 0 radical (unpaired) electrons. The van der Waals surface area contributed by atoms with Gasteiger partial charge in [-0.3, -0.25) is 19.7 Å². The Morgan fingerprint density at radius 2 is 1.74 bits per heavy atom. The van der Waals surface area contributed by atoms with Gasteiger partial charge in [0.1, 0.15) is 11.8 Å². The van der Waals surface area contributed by atoms with E-state index in [1.165, 1.54) is 4.90 Å². The number of carbonyl (C=O) groups excluding carboxylic acids is 3. The van der Waals surface area contributed by atoms with Crippen LogP contribution in [-0.2, 0) is 14.4 Å². The number of β-amino-alcohol motifs (C(OH)–C–C–N with tert-alkyl or cyclic N) is 1. The van der Waals surface area contributed by atoms with Gasteiger partial charge >= 0.3 is 0 Å². The third-order valence-corrected chi connectivity index (χ3v) is 11.1. The number of nitrogen functional groups attached to an aromatic ring is 1. The molecule has 286 valence electrons. The van der Waals surface area contributed by atoms with Crippen molar-refractivity contribution >= 4 is 40.6 Å². The Balaban J connectivity index is 1.05. The molecule has 15 heteroatoms. The van der Waals surface area contributed by atoms with Crippen LogP contribution in [-0.4, -0.2) is 110 Å². The molecule has 2 aromatic heterocycles. The van der Waals surface area contributed by atoms with Crippen LogP contribution in [0.15, 0.2) is 60.1 Å². The lowest BCUT2D eigenvalue weighted by atomic mass is 9.85. The van der Waals surface area contributed by atoms with Crippen molar-refractivity contribution in [1.29, 1.82) is 0 Å². The van der Waals surface area contributed by atoms with Crippen LogP contribution in [0.1, 0.15) is 51.4 Å². The number of aromatic nitrogens is 3. The Bertz CT molecular complexity index is 1970. The highest BCUT2D eigenvalue weighted by Gasteiger charge is 2.44. The number of aliphatic hydroxyl groups is 1. The molecule has 6 rings (SSSR count). The van der Waals surface area contributed by atoms with Gasteiger partial charge in [0, 0.05) is 44.7 Å². The molecule has 0 spiro atoms. The molecule has 14 nitrogen and oxygen atoms in total. The second-order valence-corrected chi connectivity index (χ2v) is 15.9. The third-order valence-electron chi connectivity index (χ3n) is 10.2. The van der Waals surface area contributed by atoms with Crippen molar-refractivity contribution in [1.82, 2.24) is 35.6 Å². The van der Waals surface area contributed by atoms with E-state index in [4.69, 9.17) is 5.73 Å². The van der Waals surface area contributed by atoms with Crippen LogP contribution in [0.25, 0.3) is 21.7 Å². The molecular formula is C39H49N9O5S. The number of nitrogens with two attached hydrogens (primary N) is 1. The van der Waals surface area contributed by atoms with E-state index in [9.17, 15) is 24.6 Å². The summed E-state index contributed by atoms with van der Waals surface area (Å²) in [5, 5.41) is 35.5. The number of hydrogen-bond acceptors (Lipinski definition) is 12. The molecular weight excluding hydrogens is 707 g/mol. The maximum atomic E-state index is 14.2. The highest BCUT2D eigenvalue weighted by atomic mass is 32.1. The van der Waals surface area contributed by atoms with Crippen molar-refractivity contribution in [2.45, 2.75) is 65.3 Å². The highest BCUT2D eigenvalue weighted by molar-refractivity contribution is 7.13. The van der Waals surface area contributed by atoms with Gasteiger partial charge < -0.3 is 36.0 Å². The van der Waals surface area contributed by atoms with E-state index in [-0.39, 0.29) is 54.8 Å². The molecule has 2 fully saturated rings. The number of phenols is 1. The van der Waals surface area contributed by atoms with Crippen molar-refractivity contribution in [2.75, 3.05) is 49.9 Å². The summed E-state index contributed by atoms with van der Waals surface area (Å²) in [6, 6.07) is 14.7. The number of para-hydroxylation sites is 1. The van der Waals surface area contributed by atoms with Gasteiger partial charge in [0.05, 0.1) is 52.2 Å². The lowest BCUT2D eigenvalue weighted by molar-refractivity contribution is -0.143. The summed E-state index contributed by atoms with van der Waals surface area (Å²) in [5.41, 5.74) is 12.1. The van der Waals surface area contributed by atoms with Gasteiger partial charge in [0.2, 0.25) is 17.7 Å². The molecule has 2 aliphatic heterocycles. The van der Waals surface area contributed by atoms with Crippen molar-refractivity contribution in [3.8, 4) is 27.4 Å².